The molecule has 1 spiro atoms. The van der Waals surface area contributed by atoms with Crippen molar-refractivity contribution in [3.8, 4) is 11.5 Å². The van der Waals surface area contributed by atoms with E-state index in [9.17, 15) is 4.79 Å². The van der Waals surface area contributed by atoms with Gasteiger partial charge in [0.15, 0.2) is 0 Å². The minimum absolute atomic E-state index is 0.134. The van der Waals surface area contributed by atoms with Gasteiger partial charge in [0.1, 0.15) is 11.5 Å². The van der Waals surface area contributed by atoms with Crippen LogP contribution in [0.25, 0.3) is 0 Å². The summed E-state index contributed by atoms with van der Waals surface area (Å²) in [5.74, 6) is 1.26. The predicted molar refractivity (Wildman–Crippen MR) is 125 cm³/mol. The molecule has 1 N–H and O–H groups in total. The maximum atomic E-state index is 13.5. The third kappa shape index (κ3) is 2.64. The zero-order chi connectivity index (χ0) is 22.0. The number of ether oxygens (including phenoxy) is 2. The van der Waals surface area contributed by atoms with Crippen molar-refractivity contribution in [1.29, 1.82) is 0 Å². The number of carbonyl (C=O) groups excluding carboxylic acids is 1. The van der Waals surface area contributed by atoms with Gasteiger partial charge in [-0.1, -0.05) is 27.6 Å². The van der Waals surface area contributed by atoms with Crippen molar-refractivity contribution < 1.29 is 14.3 Å². The summed E-state index contributed by atoms with van der Waals surface area (Å²) in [5.41, 5.74) is 4.16. The standard InChI is InChI=1S/C25H20BrN3O3/c1-14-3-9-20-19(11-14)25(24(30)27-20)29-22(18-12-16(26)6-10-23(18)32-25)13-21(28-29)15-4-7-17(31-2)8-5-15/h3-12,22H,13H2,1-2H3,(H,27,30)/t22-,25+/m1/s1. The van der Waals surface area contributed by atoms with E-state index in [2.05, 4.69) is 27.3 Å². The predicted octanol–water partition coefficient (Wildman–Crippen LogP) is 5.11. The summed E-state index contributed by atoms with van der Waals surface area (Å²) < 4.78 is 12.8. The number of fused-ring (bicyclic) bond motifs is 6. The Morgan fingerprint density at radius 3 is 2.75 bits per heavy atom. The third-order valence-electron chi connectivity index (χ3n) is 6.34. The second-order valence-corrected chi connectivity index (χ2v) is 9.19. The number of rotatable bonds is 2. The van der Waals surface area contributed by atoms with Crippen molar-refractivity contribution in [3.63, 3.8) is 0 Å². The summed E-state index contributed by atoms with van der Waals surface area (Å²) in [6, 6.07) is 19.5. The Labute approximate surface area is 194 Å². The first kappa shape index (κ1) is 19.4. The van der Waals surface area contributed by atoms with Crippen LogP contribution in [0.3, 0.4) is 0 Å². The number of hydrogen-bond donors (Lipinski definition) is 1. The summed E-state index contributed by atoms with van der Waals surface area (Å²) >= 11 is 3.58. The van der Waals surface area contributed by atoms with Crippen LogP contribution in [0.4, 0.5) is 5.69 Å². The van der Waals surface area contributed by atoms with Crippen LogP contribution < -0.4 is 14.8 Å². The molecule has 3 aromatic rings. The fraction of sp³-hybridized carbons (Fsp3) is 0.200. The first-order valence-electron chi connectivity index (χ1n) is 10.4. The van der Waals surface area contributed by atoms with Gasteiger partial charge in [-0.2, -0.15) is 5.10 Å². The van der Waals surface area contributed by atoms with Crippen molar-refractivity contribution in [2.24, 2.45) is 5.10 Å². The van der Waals surface area contributed by atoms with Crippen molar-refractivity contribution >= 4 is 33.2 Å². The van der Waals surface area contributed by atoms with Gasteiger partial charge in [0.05, 0.1) is 30.1 Å². The van der Waals surface area contributed by atoms with E-state index < -0.39 is 5.72 Å². The van der Waals surface area contributed by atoms with Gasteiger partial charge in [0.2, 0.25) is 0 Å². The number of methoxy groups -OCH3 is 1. The highest BCUT2D eigenvalue weighted by atomic mass is 79.9. The lowest BCUT2D eigenvalue weighted by Crippen LogP contribution is -2.55. The number of amides is 1. The monoisotopic (exact) mass is 489 g/mol. The van der Waals surface area contributed by atoms with Crippen LogP contribution in [-0.2, 0) is 10.5 Å². The second kappa shape index (κ2) is 6.84. The molecule has 3 heterocycles. The lowest BCUT2D eigenvalue weighted by molar-refractivity contribution is -0.161. The highest BCUT2D eigenvalue weighted by molar-refractivity contribution is 9.10. The van der Waals surface area contributed by atoms with Crippen LogP contribution in [0.2, 0.25) is 0 Å². The first-order valence-corrected chi connectivity index (χ1v) is 11.2. The fourth-order valence-corrected chi connectivity index (χ4v) is 5.16. The molecule has 0 aliphatic carbocycles. The van der Waals surface area contributed by atoms with E-state index in [0.29, 0.717) is 12.2 Å². The van der Waals surface area contributed by atoms with Crippen LogP contribution in [0.1, 0.15) is 34.7 Å². The highest BCUT2D eigenvalue weighted by Gasteiger charge is 2.60. The van der Waals surface area contributed by atoms with Crippen LogP contribution in [0.5, 0.6) is 11.5 Å². The minimum atomic E-state index is -1.35. The third-order valence-corrected chi connectivity index (χ3v) is 6.83. The molecule has 6 rings (SSSR count). The van der Waals surface area contributed by atoms with Gasteiger partial charge in [0.25, 0.3) is 5.91 Å². The summed E-state index contributed by atoms with van der Waals surface area (Å²) in [7, 11) is 1.65. The van der Waals surface area contributed by atoms with E-state index in [-0.39, 0.29) is 11.9 Å². The summed E-state index contributed by atoms with van der Waals surface area (Å²) in [6.45, 7) is 2.01. The lowest BCUT2D eigenvalue weighted by Gasteiger charge is -2.44. The molecular weight excluding hydrogens is 470 g/mol. The number of nitrogens with one attached hydrogen (secondary N) is 1. The molecule has 160 valence electrons. The molecule has 3 aliphatic rings. The molecule has 3 aliphatic heterocycles. The van der Waals surface area contributed by atoms with Crippen LogP contribution in [0, 0.1) is 6.92 Å². The van der Waals surface area contributed by atoms with E-state index in [1.54, 1.807) is 7.11 Å². The number of halogens is 1. The van der Waals surface area contributed by atoms with Crippen molar-refractivity contribution in [2.75, 3.05) is 12.4 Å². The van der Waals surface area contributed by atoms with Gasteiger partial charge in [-0.3, -0.25) is 4.79 Å². The zero-order valence-electron chi connectivity index (χ0n) is 17.6. The SMILES string of the molecule is COc1ccc(C2=NN3[C@H](C2)c2cc(Br)ccc2O[C@@]32C(=O)Nc3ccc(C)cc32)cc1. The molecule has 6 nitrogen and oxygen atoms in total. The Balaban J connectivity index is 1.55. The highest BCUT2D eigenvalue weighted by Crippen LogP contribution is 2.54. The van der Waals surface area contributed by atoms with Gasteiger partial charge < -0.3 is 14.8 Å². The van der Waals surface area contributed by atoms with E-state index in [4.69, 9.17) is 14.6 Å². The Hall–Kier alpha value is -3.32. The second-order valence-electron chi connectivity index (χ2n) is 8.27. The van der Waals surface area contributed by atoms with E-state index >= 15 is 0 Å². The molecule has 0 saturated carbocycles. The van der Waals surface area contributed by atoms with Gasteiger partial charge >= 0.3 is 5.72 Å². The quantitative estimate of drug-likeness (QED) is 0.542. The van der Waals surface area contributed by atoms with Gasteiger partial charge in [-0.05, 0) is 67.1 Å². The Bertz CT molecular complexity index is 1300. The smallest absolute Gasteiger partial charge is 0.306 e. The summed E-state index contributed by atoms with van der Waals surface area (Å²) in [4.78, 5) is 13.5. The first-order chi connectivity index (χ1) is 15.5. The molecule has 0 aromatic heterocycles. The van der Waals surface area contributed by atoms with Crippen molar-refractivity contribution in [3.05, 3.63) is 87.4 Å². The molecular formula is C25H20BrN3O3. The number of carbonyl (C=O) groups is 1. The molecule has 0 fully saturated rings. The van der Waals surface area contributed by atoms with Crippen LogP contribution in [0.15, 0.2) is 70.2 Å². The van der Waals surface area contributed by atoms with Crippen molar-refractivity contribution in [2.45, 2.75) is 25.1 Å². The largest absolute Gasteiger partial charge is 0.497 e. The number of aryl methyl sites for hydroxylation is 1. The Kier molecular flexibility index (Phi) is 4.14. The average Bonchev–Trinajstić information content (AvgIpc) is 3.36. The zero-order valence-corrected chi connectivity index (χ0v) is 19.1. The Morgan fingerprint density at radius 2 is 1.97 bits per heavy atom. The van der Waals surface area contributed by atoms with E-state index in [1.165, 1.54) is 0 Å². The number of hydrazone groups is 1. The van der Waals surface area contributed by atoms with E-state index in [0.717, 1.165) is 43.9 Å². The molecule has 0 saturated heterocycles. The van der Waals surface area contributed by atoms with Crippen LogP contribution >= 0.6 is 15.9 Å². The topological polar surface area (TPSA) is 63.2 Å². The lowest BCUT2D eigenvalue weighted by atomic mass is 9.92. The summed E-state index contributed by atoms with van der Waals surface area (Å²) in [6.07, 6.45) is 0.662. The number of hydrogen-bond acceptors (Lipinski definition) is 5. The Morgan fingerprint density at radius 1 is 1.16 bits per heavy atom. The number of nitrogens with zero attached hydrogens (tertiary/aromatic N) is 2. The van der Waals surface area contributed by atoms with Gasteiger partial charge in [-0.25, -0.2) is 5.01 Å². The molecule has 2 atom stereocenters. The maximum Gasteiger partial charge on any atom is 0.306 e. The van der Waals surface area contributed by atoms with E-state index in [1.807, 2.05) is 66.5 Å². The normalized spacial score (nSPS) is 22.6. The molecule has 3 aromatic carbocycles. The van der Waals surface area contributed by atoms with Crippen molar-refractivity contribution in [1.82, 2.24) is 5.01 Å². The molecule has 0 bridgehead atoms. The number of anilines is 1. The van der Waals surface area contributed by atoms with Gasteiger partial charge in [0, 0.05) is 16.5 Å². The fourth-order valence-electron chi connectivity index (χ4n) is 4.78. The summed E-state index contributed by atoms with van der Waals surface area (Å²) in [5, 5.41) is 9.84. The number of benzene rings is 3. The maximum absolute atomic E-state index is 13.5. The average molecular weight is 490 g/mol. The van der Waals surface area contributed by atoms with Gasteiger partial charge in [-0.15, -0.1) is 0 Å². The minimum Gasteiger partial charge on any atom is -0.497 e. The molecule has 0 unspecified atom stereocenters. The van der Waals surface area contributed by atoms with Crippen LogP contribution in [-0.4, -0.2) is 23.7 Å². The molecule has 0 radical (unpaired) electrons. The molecule has 32 heavy (non-hydrogen) atoms. The molecule has 7 heteroatoms. The molecule has 1 amide bonds.